The van der Waals surface area contributed by atoms with Crippen LogP contribution in [0.4, 0.5) is 5.95 Å². The average molecular weight is 546 g/mol. The second kappa shape index (κ2) is 13.6. The predicted octanol–water partition coefficient (Wildman–Crippen LogP) is 1.35. The maximum Gasteiger partial charge on any atom is 0.344 e. The van der Waals surface area contributed by atoms with Gasteiger partial charge in [-0.25, -0.2) is 9.78 Å². The van der Waals surface area contributed by atoms with Gasteiger partial charge in [0.05, 0.1) is 30.9 Å². The molecule has 1 saturated heterocycles. The molecular formula is C27H35N3O9. The monoisotopic (exact) mass is 545 g/mol. The molecule has 1 aliphatic heterocycles. The lowest BCUT2D eigenvalue weighted by Crippen LogP contribution is -2.33. The highest BCUT2D eigenvalue weighted by atomic mass is 16.6. The molecule has 0 saturated carbocycles. The first-order valence-electron chi connectivity index (χ1n) is 12.9. The van der Waals surface area contributed by atoms with Crippen molar-refractivity contribution >= 4 is 23.0 Å². The summed E-state index contributed by atoms with van der Waals surface area (Å²) < 4.78 is 23.9. The zero-order chi connectivity index (χ0) is 27.8. The maximum atomic E-state index is 11.8. The van der Waals surface area contributed by atoms with Crippen LogP contribution in [0.15, 0.2) is 42.5 Å². The number of anilines is 1. The summed E-state index contributed by atoms with van der Waals surface area (Å²) in [4.78, 5) is 16.4. The molecule has 0 unspecified atom stereocenters. The standard InChI is InChI=1S/C27H35N3O9/c1-2-36-23(33)16-38-20-10-9-17(13-21(20)37-12-6-5-11-31)14-28-27-29-18-7-3-4-8-19(18)30(27)26-25(35)24(34)22(15-32)39-26/h3-4,7-10,13,22,24-26,31-32,34-35H,2,5-6,11-12,14-16H2,1H3,(H,28,29)/t22-,24-,25-,26-/m1/s1. The van der Waals surface area contributed by atoms with Crippen LogP contribution in [0.1, 0.15) is 31.6 Å². The lowest BCUT2D eigenvalue weighted by atomic mass is 10.1. The van der Waals surface area contributed by atoms with Crippen molar-refractivity contribution in [1.29, 1.82) is 0 Å². The summed E-state index contributed by atoms with van der Waals surface area (Å²) in [6.07, 6.45) is -3.16. The second-order valence-electron chi connectivity index (χ2n) is 9.03. The number of hydrogen-bond acceptors (Lipinski definition) is 11. The van der Waals surface area contributed by atoms with Crippen LogP contribution in [0, 0.1) is 0 Å². The molecule has 1 fully saturated rings. The fraction of sp³-hybridized carbons (Fsp3) is 0.481. The quantitative estimate of drug-likeness (QED) is 0.147. The first-order valence-corrected chi connectivity index (χ1v) is 12.9. The summed E-state index contributed by atoms with van der Waals surface area (Å²) in [5.74, 6) is 0.736. The number of rotatable bonds is 14. The van der Waals surface area contributed by atoms with Gasteiger partial charge in [-0.05, 0) is 49.6 Å². The van der Waals surface area contributed by atoms with E-state index in [-0.39, 0.29) is 19.8 Å². The fourth-order valence-corrected chi connectivity index (χ4v) is 4.33. The maximum absolute atomic E-state index is 11.8. The Hall–Kier alpha value is -3.42. The third-order valence-corrected chi connectivity index (χ3v) is 6.29. The van der Waals surface area contributed by atoms with Crippen molar-refractivity contribution in [3.8, 4) is 11.5 Å². The number of aliphatic hydroxyl groups is 4. The number of benzene rings is 2. The van der Waals surface area contributed by atoms with Crippen LogP contribution >= 0.6 is 0 Å². The number of carbonyl (C=O) groups is 1. The first-order chi connectivity index (χ1) is 19.0. The topological polar surface area (TPSA) is 165 Å². The van der Waals surface area contributed by atoms with Gasteiger partial charge >= 0.3 is 5.97 Å². The molecule has 2 aromatic carbocycles. The molecule has 212 valence electrons. The number of nitrogens with one attached hydrogen (secondary N) is 1. The Bertz CT molecular complexity index is 1230. The van der Waals surface area contributed by atoms with E-state index in [1.165, 1.54) is 0 Å². The highest BCUT2D eigenvalue weighted by molar-refractivity contribution is 5.79. The summed E-state index contributed by atoms with van der Waals surface area (Å²) in [6.45, 7) is 2.01. The molecule has 0 bridgehead atoms. The Morgan fingerprint density at radius 2 is 1.90 bits per heavy atom. The van der Waals surface area contributed by atoms with E-state index in [0.29, 0.717) is 54.5 Å². The third-order valence-electron chi connectivity index (χ3n) is 6.29. The van der Waals surface area contributed by atoms with Gasteiger partial charge in [-0.3, -0.25) is 4.57 Å². The fourth-order valence-electron chi connectivity index (χ4n) is 4.33. The number of fused-ring (bicyclic) bond motifs is 1. The molecule has 0 amide bonds. The van der Waals surface area contributed by atoms with Crippen molar-refractivity contribution in [3.63, 3.8) is 0 Å². The summed E-state index contributed by atoms with van der Waals surface area (Å²) in [7, 11) is 0. The van der Waals surface area contributed by atoms with E-state index in [4.69, 9.17) is 24.1 Å². The number of aliphatic hydroxyl groups excluding tert-OH is 4. The molecule has 0 spiro atoms. The van der Waals surface area contributed by atoms with E-state index in [1.807, 2.05) is 30.3 Å². The van der Waals surface area contributed by atoms with Crippen LogP contribution in [0.3, 0.4) is 0 Å². The van der Waals surface area contributed by atoms with Gasteiger partial charge in [-0.15, -0.1) is 0 Å². The van der Waals surface area contributed by atoms with Crippen LogP contribution in [-0.2, 0) is 20.8 Å². The molecule has 5 N–H and O–H groups in total. The zero-order valence-corrected chi connectivity index (χ0v) is 21.7. The molecular weight excluding hydrogens is 510 g/mol. The van der Waals surface area contributed by atoms with E-state index in [0.717, 1.165) is 5.56 Å². The van der Waals surface area contributed by atoms with Gasteiger partial charge < -0.3 is 44.7 Å². The number of nitrogens with zero attached hydrogens (tertiary/aromatic N) is 2. The molecule has 1 aromatic heterocycles. The highest BCUT2D eigenvalue weighted by Gasteiger charge is 2.44. The predicted molar refractivity (Wildman–Crippen MR) is 140 cm³/mol. The van der Waals surface area contributed by atoms with Crippen molar-refractivity contribution in [2.45, 2.75) is 50.8 Å². The Morgan fingerprint density at radius 3 is 2.64 bits per heavy atom. The molecule has 4 rings (SSSR count). The van der Waals surface area contributed by atoms with Gasteiger partial charge in [0.2, 0.25) is 5.95 Å². The average Bonchev–Trinajstić information content (AvgIpc) is 3.45. The molecule has 1 aliphatic rings. The van der Waals surface area contributed by atoms with Gasteiger partial charge in [0.25, 0.3) is 0 Å². The number of ether oxygens (including phenoxy) is 4. The van der Waals surface area contributed by atoms with Crippen molar-refractivity contribution < 1.29 is 44.2 Å². The number of imidazole rings is 1. The van der Waals surface area contributed by atoms with E-state index in [2.05, 4.69) is 10.3 Å². The minimum absolute atomic E-state index is 0.0655. The van der Waals surface area contributed by atoms with Crippen molar-refractivity contribution in [2.24, 2.45) is 0 Å². The Balaban J connectivity index is 1.55. The van der Waals surface area contributed by atoms with Crippen LogP contribution in [0.5, 0.6) is 11.5 Å². The van der Waals surface area contributed by atoms with Crippen molar-refractivity contribution in [2.75, 3.05) is 38.4 Å². The summed E-state index contributed by atoms with van der Waals surface area (Å²) in [5.41, 5.74) is 2.16. The number of esters is 1. The highest BCUT2D eigenvalue weighted by Crippen LogP contribution is 2.35. The zero-order valence-electron chi connectivity index (χ0n) is 21.7. The molecule has 2 heterocycles. The third kappa shape index (κ3) is 6.78. The first kappa shape index (κ1) is 28.6. The van der Waals surface area contributed by atoms with Gasteiger partial charge in [0.1, 0.15) is 18.3 Å². The van der Waals surface area contributed by atoms with E-state index in [1.54, 1.807) is 23.6 Å². The van der Waals surface area contributed by atoms with E-state index >= 15 is 0 Å². The Kier molecular flexibility index (Phi) is 9.96. The number of para-hydroxylation sites is 2. The summed E-state index contributed by atoms with van der Waals surface area (Å²) in [5, 5.41) is 42.8. The van der Waals surface area contributed by atoms with E-state index < -0.39 is 37.1 Å². The van der Waals surface area contributed by atoms with Gasteiger partial charge in [-0.2, -0.15) is 0 Å². The smallest absolute Gasteiger partial charge is 0.344 e. The minimum atomic E-state index is -1.27. The molecule has 3 aromatic rings. The summed E-state index contributed by atoms with van der Waals surface area (Å²) in [6, 6.07) is 12.6. The van der Waals surface area contributed by atoms with Gasteiger partial charge in [0, 0.05) is 13.2 Å². The second-order valence-corrected chi connectivity index (χ2v) is 9.03. The number of aromatic nitrogens is 2. The number of hydrogen-bond donors (Lipinski definition) is 5. The van der Waals surface area contributed by atoms with Crippen LogP contribution < -0.4 is 14.8 Å². The Morgan fingerprint density at radius 1 is 1.08 bits per heavy atom. The largest absolute Gasteiger partial charge is 0.490 e. The van der Waals surface area contributed by atoms with Crippen LogP contribution in [0.2, 0.25) is 0 Å². The van der Waals surface area contributed by atoms with Crippen LogP contribution in [0.25, 0.3) is 11.0 Å². The van der Waals surface area contributed by atoms with Crippen molar-refractivity contribution in [1.82, 2.24) is 9.55 Å². The lowest BCUT2D eigenvalue weighted by Gasteiger charge is -2.20. The molecule has 12 nitrogen and oxygen atoms in total. The molecule has 0 radical (unpaired) electrons. The van der Waals surface area contributed by atoms with Crippen LogP contribution in [-0.4, -0.2) is 87.3 Å². The van der Waals surface area contributed by atoms with Gasteiger partial charge in [0.15, 0.2) is 24.3 Å². The SMILES string of the molecule is CCOC(=O)COc1ccc(CNc2nc3ccccc3n2[C@@H]2O[C@H](CO)[C@@H](O)[C@H]2O)cc1OCCCCO. The Labute approximate surface area is 225 Å². The minimum Gasteiger partial charge on any atom is -0.490 e. The molecule has 0 aliphatic carbocycles. The van der Waals surface area contributed by atoms with E-state index in [9.17, 15) is 20.1 Å². The number of carbonyl (C=O) groups excluding carboxylic acids is 1. The lowest BCUT2D eigenvalue weighted by molar-refractivity contribution is -0.145. The molecule has 39 heavy (non-hydrogen) atoms. The van der Waals surface area contributed by atoms with Gasteiger partial charge in [-0.1, -0.05) is 18.2 Å². The summed E-state index contributed by atoms with van der Waals surface area (Å²) >= 11 is 0. The normalized spacial score (nSPS) is 20.7. The molecule has 12 heteroatoms. The van der Waals surface area contributed by atoms with Crippen molar-refractivity contribution in [3.05, 3.63) is 48.0 Å². The molecule has 4 atom stereocenters. The number of unbranched alkanes of at least 4 members (excludes halogenated alkanes) is 1.